The van der Waals surface area contributed by atoms with Gasteiger partial charge in [0.1, 0.15) is 17.1 Å². The van der Waals surface area contributed by atoms with Crippen molar-refractivity contribution in [1.82, 2.24) is 9.55 Å². The van der Waals surface area contributed by atoms with Crippen LogP contribution in [0.25, 0.3) is 22.1 Å². The Kier molecular flexibility index (Phi) is 3.21. The number of hydrogen-bond donors (Lipinski definition) is 0. The Balaban J connectivity index is 2.27. The molecule has 6 heteroatoms. The number of para-hydroxylation sites is 1. The molecule has 0 bridgehead atoms. The summed E-state index contributed by atoms with van der Waals surface area (Å²) in [6.07, 6.45) is 1.80. The molecule has 2 aromatic heterocycles. The fourth-order valence-electron chi connectivity index (χ4n) is 2.43. The number of nitrogens with zero attached hydrogens (tertiary/aromatic N) is 2. The van der Waals surface area contributed by atoms with Crippen LogP contribution in [0, 0.1) is 0 Å². The first kappa shape index (κ1) is 13.4. The lowest BCUT2D eigenvalue weighted by molar-refractivity contribution is -0.144. The van der Waals surface area contributed by atoms with Crippen molar-refractivity contribution in [3.63, 3.8) is 0 Å². The molecule has 0 saturated heterocycles. The van der Waals surface area contributed by atoms with Gasteiger partial charge in [-0.1, -0.05) is 19.1 Å². The summed E-state index contributed by atoms with van der Waals surface area (Å²) in [7, 11) is 1.29. The van der Waals surface area contributed by atoms with E-state index in [1.807, 2.05) is 18.2 Å². The Morgan fingerprint density at radius 2 is 2.19 bits per heavy atom. The number of aromatic nitrogens is 2. The molecule has 0 unspecified atom stereocenters. The van der Waals surface area contributed by atoms with Crippen LogP contribution in [0.3, 0.4) is 0 Å². The molecule has 0 spiro atoms. The normalized spacial score (nSPS) is 12.7. The standard InChI is InChI=1S/C15H14N2O4/c1-3-10(15(19)20-2)17-8-16-12-9-6-4-5-7-11(9)21-13(12)14(17)18/h4-8,10H,3H2,1-2H3/t10-/m1/s1. The Hall–Kier alpha value is -2.63. The van der Waals surface area contributed by atoms with E-state index in [0.29, 0.717) is 17.5 Å². The van der Waals surface area contributed by atoms with Gasteiger partial charge in [-0.25, -0.2) is 9.78 Å². The monoisotopic (exact) mass is 286 g/mol. The zero-order valence-electron chi connectivity index (χ0n) is 11.7. The Labute approximate surface area is 119 Å². The van der Waals surface area contributed by atoms with Gasteiger partial charge in [-0.15, -0.1) is 0 Å². The van der Waals surface area contributed by atoms with Gasteiger partial charge in [0.05, 0.1) is 13.4 Å². The van der Waals surface area contributed by atoms with Crippen LogP contribution in [-0.4, -0.2) is 22.6 Å². The van der Waals surface area contributed by atoms with E-state index in [2.05, 4.69) is 4.98 Å². The van der Waals surface area contributed by atoms with Crippen LogP contribution >= 0.6 is 0 Å². The Morgan fingerprint density at radius 1 is 1.43 bits per heavy atom. The summed E-state index contributed by atoms with van der Waals surface area (Å²) in [6.45, 7) is 1.80. The Bertz CT molecular complexity index is 878. The highest BCUT2D eigenvalue weighted by molar-refractivity contribution is 6.01. The van der Waals surface area contributed by atoms with Crippen molar-refractivity contribution in [2.24, 2.45) is 0 Å². The van der Waals surface area contributed by atoms with E-state index >= 15 is 0 Å². The van der Waals surface area contributed by atoms with Crippen molar-refractivity contribution >= 4 is 28.0 Å². The van der Waals surface area contributed by atoms with E-state index < -0.39 is 12.0 Å². The first-order chi connectivity index (χ1) is 10.2. The molecule has 0 radical (unpaired) electrons. The molecule has 1 aromatic carbocycles. The number of fused-ring (bicyclic) bond motifs is 3. The number of carbonyl (C=O) groups is 1. The number of ether oxygens (including phenoxy) is 1. The molecule has 0 saturated carbocycles. The number of methoxy groups -OCH3 is 1. The highest BCUT2D eigenvalue weighted by Gasteiger charge is 2.23. The second-order valence-electron chi connectivity index (χ2n) is 4.68. The van der Waals surface area contributed by atoms with E-state index in [1.54, 1.807) is 13.0 Å². The minimum Gasteiger partial charge on any atom is -0.467 e. The van der Waals surface area contributed by atoms with Crippen LogP contribution in [0.1, 0.15) is 19.4 Å². The largest absolute Gasteiger partial charge is 0.467 e. The third-order valence-electron chi connectivity index (χ3n) is 3.51. The zero-order valence-corrected chi connectivity index (χ0v) is 11.7. The van der Waals surface area contributed by atoms with Crippen molar-refractivity contribution in [2.45, 2.75) is 19.4 Å². The maximum absolute atomic E-state index is 12.5. The lowest BCUT2D eigenvalue weighted by Gasteiger charge is -2.14. The van der Waals surface area contributed by atoms with Crippen LogP contribution in [0.5, 0.6) is 0 Å². The topological polar surface area (TPSA) is 74.3 Å². The van der Waals surface area contributed by atoms with Gasteiger partial charge in [-0.3, -0.25) is 9.36 Å². The summed E-state index contributed by atoms with van der Waals surface area (Å²) in [5.41, 5.74) is 0.877. The molecule has 0 aliphatic heterocycles. The van der Waals surface area contributed by atoms with Gasteiger partial charge in [0.25, 0.3) is 5.56 Å². The number of benzene rings is 1. The van der Waals surface area contributed by atoms with Gasteiger partial charge in [0, 0.05) is 5.39 Å². The molecular formula is C15H14N2O4. The molecule has 2 heterocycles. The third kappa shape index (κ3) is 1.99. The first-order valence-corrected chi connectivity index (χ1v) is 6.63. The predicted octanol–water partition coefficient (Wildman–Crippen LogP) is 2.27. The minimum absolute atomic E-state index is 0.154. The summed E-state index contributed by atoms with van der Waals surface area (Å²) in [4.78, 5) is 28.6. The lowest BCUT2D eigenvalue weighted by Crippen LogP contribution is -2.30. The van der Waals surface area contributed by atoms with Gasteiger partial charge in [0.2, 0.25) is 5.58 Å². The molecular weight excluding hydrogens is 272 g/mol. The van der Waals surface area contributed by atoms with Crippen molar-refractivity contribution in [3.05, 3.63) is 40.9 Å². The second kappa shape index (κ2) is 5.05. The van der Waals surface area contributed by atoms with Gasteiger partial charge in [-0.2, -0.15) is 0 Å². The highest BCUT2D eigenvalue weighted by atomic mass is 16.5. The predicted molar refractivity (Wildman–Crippen MR) is 77.1 cm³/mol. The lowest BCUT2D eigenvalue weighted by atomic mass is 10.2. The van der Waals surface area contributed by atoms with Gasteiger partial charge in [0.15, 0.2) is 0 Å². The average Bonchev–Trinajstić information content (AvgIpc) is 2.89. The third-order valence-corrected chi connectivity index (χ3v) is 3.51. The molecule has 0 aliphatic carbocycles. The molecule has 3 rings (SSSR count). The second-order valence-corrected chi connectivity index (χ2v) is 4.68. The van der Waals surface area contributed by atoms with Crippen LogP contribution < -0.4 is 5.56 Å². The minimum atomic E-state index is -0.701. The van der Waals surface area contributed by atoms with E-state index in [4.69, 9.17) is 9.15 Å². The fraction of sp³-hybridized carbons (Fsp3) is 0.267. The zero-order chi connectivity index (χ0) is 15.0. The van der Waals surface area contributed by atoms with Crippen LogP contribution in [-0.2, 0) is 9.53 Å². The summed E-state index contributed by atoms with van der Waals surface area (Å²) in [6, 6.07) is 6.60. The van der Waals surface area contributed by atoms with Crippen LogP contribution in [0.2, 0.25) is 0 Å². The van der Waals surface area contributed by atoms with E-state index in [0.717, 1.165) is 5.39 Å². The molecule has 6 nitrogen and oxygen atoms in total. The molecule has 108 valence electrons. The van der Waals surface area contributed by atoms with Gasteiger partial charge in [-0.05, 0) is 18.6 Å². The summed E-state index contributed by atoms with van der Waals surface area (Å²) in [5, 5.41) is 0.780. The van der Waals surface area contributed by atoms with E-state index in [-0.39, 0.29) is 11.1 Å². The number of esters is 1. The highest BCUT2D eigenvalue weighted by Crippen LogP contribution is 2.24. The van der Waals surface area contributed by atoms with Crippen molar-refractivity contribution in [3.8, 4) is 0 Å². The van der Waals surface area contributed by atoms with Gasteiger partial charge < -0.3 is 9.15 Å². The van der Waals surface area contributed by atoms with E-state index in [1.165, 1.54) is 18.0 Å². The molecule has 0 aliphatic rings. The van der Waals surface area contributed by atoms with Gasteiger partial charge >= 0.3 is 5.97 Å². The molecule has 0 N–H and O–H groups in total. The summed E-state index contributed by atoms with van der Waals surface area (Å²) in [5.74, 6) is -0.475. The molecule has 0 amide bonds. The molecule has 0 fully saturated rings. The first-order valence-electron chi connectivity index (χ1n) is 6.63. The van der Waals surface area contributed by atoms with Crippen LogP contribution in [0.15, 0.2) is 39.8 Å². The van der Waals surface area contributed by atoms with Crippen LogP contribution in [0.4, 0.5) is 0 Å². The quantitative estimate of drug-likeness (QED) is 0.690. The number of hydrogen-bond acceptors (Lipinski definition) is 5. The fourth-order valence-corrected chi connectivity index (χ4v) is 2.43. The maximum Gasteiger partial charge on any atom is 0.329 e. The average molecular weight is 286 g/mol. The SMILES string of the molecule is CC[C@H](C(=O)OC)n1cnc2c(oc3ccccc32)c1=O. The molecule has 1 atom stereocenters. The smallest absolute Gasteiger partial charge is 0.329 e. The number of furan rings is 1. The van der Waals surface area contributed by atoms with Crippen molar-refractivity contribution in [2.75, 3.05) is 7.11 Å². The Morgan fingerprint density at radius 3 is 2.90 bits per heavy atom. The summed E-state index contributed by atoms with van der Waals surface area (Å²) >= 11 is 0. The molecule has 21 heavy (non-hydrogen) atoms. The number of carbonyl (C=O) groups excluding carboxylic acids is 1. The summed E-state index contributed by atoms with van der Waals surface area (Å²) < 4.78 is 11.6. The molecule has 3 aromatic rings. The van der Waals surface area contributed by atoms with E-state index in [9.17, 15) is 9.59 Å². The van der Waals surface area contributed by atoms with Crippen molar-refractivity contribution < 1.29 is 13.9 Å². The van der Waals surface area contributed by atoms with Crippen molar-refractivity contribution in [1.29, 1.82) is 0 Å². The number of rotatable bonds is 3. The maximum atomic E-state index is 12.5.